The summed E-state index contributed by atoms with van der Waals surface area (Å²) in [6.07, 6.45) is 0.897. The molecule has 3 aromatic rings. The average molecular weight is 325 g/mol. The summed E-state index contributed by atoms with van der Waals surface area (Å²) >= 11 is 1.41. The van der Waals surface area contributed by atoms with Crippen LogP contribution in [0.3, 0.4) is 0 Å². The third-order valence-corrected chi connectivity index (χ3v) is 4.59. The summed E-state index contributed by atoms with van der Waals surface area (Å²) in [5.74, 6) is 0.316. The molecule has 0 atom stereocenters. The van der Waals surface area contributed by atoms with E-state index >= 15 is 0 Å². The molecule has 1 heterocycles. The molecular formula is C18H19N3OS. The minimum absolute atomic E-state index is 0.0144. The number of nitrogens with one attached hydrogen (secondary N) is 2. The number of benzene rings is 2. The fourth-order valence-corrected chi connectivity index (χ4v) is 3.19. The Morgan fingerprint density at radius 3 is 2.83 bits per heavy atom. The molecule has 3 rings (SSSR count). The normalized spacial score (nSPS) is 10.9. The van der Waals surface area contributed by atoms with Gasteiger partial charge < -0.3 is 10.3 Å². The number of aromatic nitrogens is 2. The Balaban J connectivity index is 1.66. The van der Waals surface area contributed by atoms with Crippen LogP contribution in [0.2, 0.25) is 0 Å². The number of fused-ring (bicyclic) bond motifs is 1. The monoisotopic (exact) mass is 325 g/mol. The number of H-pyrrole nitrogens is 1. The summed E-state index contributed by atoms with van der Waals surface area (Å²) in [7, 11) is 0. The van der Waals surface area contributed by atoms with Gasteiger partial charge in [0.25, 0.3) is 0 Å². The van der Waals surface area contributed by atoms with E-state index < -0.39 is 0 Å². The zero-order valence-electron chi connectivity index (χ0n) is 13.2. The van der Waals surface area contributed by atoms with Gasteiger partial charge in [0.05, 0.1) is 16.8 Å². The van der Waals surface area contributed by atoms with Crippen molar-refractivity contribution in [2.75, 3.05) is 11.1 Å². The van der Waals surface area contributed by atoms with Crippen LogP contribution in [0.1, 0.15) is 18.1 Å². The van der Waals surface area contributed by atoms with Crippen LogP contribution in [0.25, 0.3) is 11.0 Å². The highest BCUT2D eigenvalue weighted by Gasteiger charge is 2.10. The number of aromatic amines is 1. The number of carbonyl (C=O) groups is 1. The first-order chi connectivity index (χ1) is 11.2. The molecule has 2 N–H and O–H groups in total. The number of anilines is 1. The van der Waals surface area contributed by atoms with E-state index in [9.17, 15) is 4.79 Å². The molecule has 0 unspecified atom stereocenters. The van der Waals surface area contributed by atoms with Gasteiger partial charge in [-0.15, -0.1) is 0 Å². The Morgan fingerprint density at radius 2 is 2.04 bits per heavy atom. The van der Waals surface area contributed by atoms with Gasteiger partial charge in [0, 0.05) is 5.69 Å². The summed E-state index contributed by atoms with van der Waals surface area (Å²) < 4.78 is 0. The Morgan fingerprint density at radius 1 is 1.22 bits per heavy atom. The Labute approximate surface area is 139 Å². The van der Waals surface area contributed by atoms with Gasteiger partial charge in [0.2, 0.25) is 5.91 Å². The van der Waals surface area contributed by atoms with Crippen molar-refractivity contribution in [1.29, 1.82) is 0 Å². The lowest BCUT2D eigenvalue weighted by Gasteiger charge is -2.12. The molecule has 0 radical (unpaired) electrons. The molecule has 1 amide bonds. The summed E-state index contributed by atoms with van der Waals surface area (Å²) in [4.78, 5) is 19.9. The molecular weight excluding hydrogens is 306 g/mol. The van der Waals surface area contributed by atoms with Crippen LogP contribution in [0.15, 0.2) is 47.6 Å². The smallest absolute Gasteiger partial charge is 0.234 e. The number of rotatable bonds is 5. The van der Waals surface area contributed by atoms with E-state index in [2.05, 4.69) is 28.3 Å². The molecule has 0 fully saturated rings. The topological polar surface area (TPSA) is 57.8 Å². The summed E-state index contributed by atoms with van der Waals surface area (Å²) in [5.41, 5.74) is 5.09. The number of para-hydroxylation sites is 3. The van der Waals surface area contributed by atoms with Crippen LogP contribution in [0, 0.1) is 6.92 Å². The predicted molar refractivity (Wildman–Crippen MR) is 96.0 cm³/mol. The molecule has 0 saturated carbocycles. The van der Waals surface area contributed by atoms with Crippen LogP contribution in [-0.4, -0.2) is 21.6 Å². The van der Waals surface area contributed by atoms with Crippen molar-refractivity contribution in [2.45, 2.75) is 25.4 Å². The summed E-state index contributed by atoms with van der Waals surface area (Å²) in [5, 5.41) is 3.80. The maximum Gasteiger partial charge on any atom is 0.234 e. The zero-order chi connectivity index (χ0) is 16.2. The molecule has 4 nitrogen and oxygen atoms in total. The second kappa shape index (κ2) is 6.87. The predicted octanol–water partition coefficient (Wildman–Crippen LogP) is 4.16. The lowest BCUT2D eigenvalue weighted by molar-refractivity contribution is -0.113. The van der Waals surface area contributed by atoms with Crippen molar-refractivity contribution in [3.05, 3.63) is 53.6 Å². The molecule has 0 saturated heterocycles. The van der Waals surface area contributed by atoms with Crippen molar-refractivity contribution >= 4 is 34.4 Å². The van der Waals surface area contributed by atoms with Crippen LogP contribution in [0.4, 0.5) is 5.69 Å². The van der Waals surface area contributed by atoms with Gasteiger partial charge in [-0.05, 0) is 36.6 Å². The number of carbonyl (C=O) groups excluding carboxylic acids is 1. The van der Waals surface area contributed by atoms with Crippen molar-refractivity contribution in [1.82, 2.24) is 9.97 Å². The maximum atomic E-state index is 12.2. The highest BCUT2D eigenvalue weighted by Crippen LogP contribution is 2.23. The third-order valence-electron chi connectivity index (χ3n) is 3.71. The molecule has 0 aliphatic heterocycles. The highest BCUT2D eigenvalue weighted by atomic mass is 32.2. The maximum absolute atomic E-state index is 12.2. The van der Waals surface area contributed by atoms with Crippen molar-refractivity contribution < 1.29 is 4.79 Å². The van der Waals surface area contributed by atoms with Gasteiger partial charge in [-0.1, -0.05) is 49.0 Å². The fraction of sp³-hybridized carbons (Fsp3) is 0.222. The van der Waals surface area contributed by atoms with Gasteiger partial charge in [-0.25, -0.2) is 4.98 Å². The number of aryl methyl sites for hydroxylation is 2. The number of imidazole rings is 1. The van der Waals surface area contributed by atoms with E-state index in [0.717, 1.165) is 39.4 Å². The van der Waals surface area contributed by atoms with E-state index in [1.54, 1.807) is 0 Å². The minimum Gasteiger partial charge on any atom is -0.333 e. The first-order valence-corrected chi connectivity index (χ1v) is 8.62. The number of thioether (sulfide) groups is 1. The van der Waals surface area contributed by atoms with E-state index in [-0.39, 0.29) is 5.91 Å². The fourth-order valence-electron chi connectivity index (χ4n) is 2.51. The van der Waals surface area contributed by atoms with Crippen molar-refractivity contribution in [3.8, 4) is 0 Å². The van der Waals surface area contributed by atoms with Crippen molar-refractivity contribution in [3.63, 3.8) is 0 Å². The minimum atomic E-state index is -0.0144. The largest absolute Gasteiger partial charge is 0.333 e. The SMILES string of the molecule is CCc1cccc(C)c1NC(=O)CSc1nc2ccccc2[nH]1. The number of nitrogens with zero attached hydrogens (tertiary/aromatic N) is 1. The molecule has 118 valence electrons. The molecule has 2 aromatic carbocycles. The van der Waals surface area contributed by atoms with E-state index in [4.69, 9.17) is 0 Å². The van der Waals surface area contributed by atoms with Gasteiger partial charge in [0.15, 0.2) is 5.16 Å². The molecule has 23 heavy (non-hydrogen) atoms. The number of hydrogen-bond donors (Lipinski definition) is 2. The van der Waals surface area contributed by atoms with Gasteiger partial charge in [0.1, 0.15) is 0 Å². The van der Waals surface area contributed by atoms with Gasteiger partial charge >= 0.3 is 0 Å². The molecule has 1 aromatic heterocycles. The van der Waals surface area contributed by atoms with Crippen molar-refractivity contribution in [2.24, 2.45) is 0 Å². The van der Waals surface area contributed by atoms with E-state index in [1.165, 1.54) is 11.8 Å². The second-order valence-electron chi connectivity index (χ2n) is 5.36. The first kappa shape index (κ1) is 15.6. The molecule has 0 bridgehead atoms. The Kier molecular flexibility index (Phi) is 4.67. The molecule has 0 aliphatic rings. The third kappa shape index (κ3) is 3.56. The van der Waals surface area contributed by atoms with Gasteiger partial charge in [-0.3, -0.25) is 4.79 Å². The average Bonchev–Trinajstić information content (AvgIpc) is 2.98. The lowest BCUT2D eigenvalue weighted by Crippen LogP contribution is -2.16. The quantitative estimate of drug-likeness (QED) is 0.692. The first-order valence-electron chi connectivity index (χ1n) is 7.63. The summed E-state index contributed by atoms with van der Waals surface area (Å²) in [6.45, 7) is 4.11. The number of hydrogen-bond acceptors (Lipinski definition) is 3. The number of amides is 1. The molecule has 0 aliphatic carbocycles. The van der Waals surface area contributed by atoms with Crippen LogP contribution in [0.5, 0.6) is 0 Å². The standard InChI is InChI=1S/C18H19N3OS/c1-3-13-8-6-7-12(2)17(13)21-16(22)11-23-18-19-14-9-4-5-10-15(14)20-18/h4-10H,3,11H2,1-2H3,(H,19,20)(H,21,22). The van der Waals surface area contributed by atoms with E-state index in [0.29, 0.717) is 5.75 Å². The second-order valence-corrected chi connectivity index (χ2v) is 6.32. The van der Waals surface area contributed by atoms with E-state index in [1.807, 2.05) is 43.3 Å². The zero-order valence-corrected chi connectivity index (χ0v) is 14.0. The lowest BCUT2D eigenvalue weighted by atomic mass is 10.1. The van der Waals surface area contributed by atoms with Gasteiger partial charge in [-0.2, -0.15) is 0 Å². The van der Waals surface area contributed by atoms with Crippen LogP contribution < -0.4 is 5.32 Å². The van der Waals surface area contributed by atoms with Crippen LogP contribution >= 0.6 is 11.8 Å². The Bertz CT molecular complexity index is 808. The highest BCUT2D eigenvalue weighted by molar-refractivity contribution is 7.99. The molecule has 0 spiro atoms. The van der Waals surface area contributed by atoms with Crippen LogP contribution in [-0.2, 0) is 11.2 Å². The Hall–Kier alpha value is -2.27. The molecule has 5 heteroatoms. The summed E-state index contributed by atoms with van der Waals surface area (Å²) in [6, 6.07) is 13.9.